The third-order valence-corrected chi connectivity index (χ3v) is 3.39. The van der Waals surface area contributed by atoms with Crippen LogP contribution < -0.4 is 5.32 Å². The molecule has 0 saturated heterocycles. The van der Waals surface area contributed by atoms with Crippen LogP contribution in [0.2, 0.25) is 0 Å². The minimum Gasteiger partial charge on any atom is -0.472 e. The maximum Gasteiger partial charge on any atom is 0.0935 e. The molecule has 17 heavy (non-hydrogen) atoms. The highest BCUT2D eigenvalue weighted by molar-refractivity contribution is 5.36. The van der Waals surface area contributed by atoms with Crippen molar-refractivity contribution >= 4 is 0 Å². The van der Waals surface area contributed by atoms with Crippen molar-refractivity contribution in [2.75, 3.05) is 7.05 Å². The van der Waals surface area contributed by atoms with Gasteiger partial charge in [0.15, 0.2) is 0 Å². The molecule has 0 spiro atoms. The van der Waals surface area contributed by atoms with Crippen molar-refractivity contribution in [2.45, 2.75) is 26.3 Å². The Hall–Kier alpha value is -1.54. The fourth-order valence-corrected chi connectivity index (χ4v) is 2.16. The Morgan fingerprint density at radius 2 is 2.06 bits per heavy atom. The van der Waals surface area contributed by atoms with E-state index in [0.29, 0.717) is 6.04 Å². The van der Waals surface area contributed by atoms with Crippen molar-refractivity contribution in [3.05, 3.63) is 59.0 Å². The van der Waals surface area contributed by atoms with E-state index < -0.39 is 0 Å². The SMILES string of the molecule is CNC(Cc1ccoc1)c1cccc(C)c1C. The lowest BCUT2D eigenvalue weighted by Gasteiger charge is -2.19. The topological polar surface area (TPSA) is 25.2 Å². The summed E-state index contributed by atoms with van der Waals surface area (Å²) in [6.45, 7) is 4.34. The van der Waals surface area contributed by atoms with Gasteiger partial charge in [0.05, 0.1) is 12.5 Å². The molecular formula is C15H19NO. The van der Waals surface area contributed by atoms with Crippen molar-refractivity contribution in [3.63, 3.8) is 0 Å². The monoisotopic (exact) mass is 229 g/mol. The largest absolute Gasteiger partial charge is 0.472 e. The Morgan fingerprint density at radius 1 is 1.24 bits per heavy atom. The van der Waals surface area contributed by atoms with Gasteiger partial charge in [0, 0.05) is 6.04 Å². The van der Waals surface area contributed by atoms with Crippen LogP contribution in [-0.2, 0) is 6.42 Å². The van der Waals surface area contributed by atoms with Crippen LogP contribution in [0.1, 0.15) is 28.3 Å². The first kappa shape index (κ1) is 11.9. The van der Waals surface area contributed by atoms with Gasteiger partial charge in [0.25, 0.3) is 0 Å². The molecule has 0 fully saturated rings. The summed E-state index contributed by atoms with van der Waals surface area (Å²) in [6.07, 6.45) is 4.50. The second kappa shape index (κ2) is 5.19. The van der Waals surface area contributed by atoms with E-state index >= 15 is 0 Å². The summed E-state index contributed by atoms with van der Waals surface area (Å²) in [5.41, 5.74) is 5.31. The molecule has 0 aliphatic heterocycles. The van der Waals surface area contributed by atoms with Gasteiger partial charge < -0.3 is 9.73 Å². The van der Waals surface area contributed by atoms with Crippen LogP contribution in [0.3, 0.4) is 0 Å². The van der Waals surface area contributed by atoms with Gasteiger partial charge in [0.1, 0.15) is 0 Å². The molecule has 1 atom stereocenters. The zero-order chi connectivity index (χ0) is 12.3. The zero-order valence-corrected chi connectivity index (χ0v) is 10.7. The van der Waals surface area contributed by atoms with Crippen LogP contribution in [0.4, 0.5) is 0 Å². The van der Waals surface area contributed by atoms with Gasteiger partial charge in [0.2, 0.25) is 0 Å². The highest BCUT2D eigenvalue weighted by atomic mass is 16.3. The molecule has 1 heterocycles. The zero-order valence-electron chi connectivity index (χ0n) is 10.7. The van der Waals surface area contributed by atoms with Crippen molar-refractivity contribution in [1.29, 1.82) is 0 Å². The minimum atomic E-state index is 0.340. The van der Waals surface area contributed by atoms with Crippen LogP contribution in [0.15, 0.2) is 41.2 Å². The van der Waals surface area contributed by atoms with E-state index in [1.807, 2.05) is 19.4 Å². The number of nitrogens with one attached hydrogen (secondary N) is 1. The number of hydrogen-bond acceptors (Lipinski definition) is 2. The molecular weight excluding hydrogens is 210 g/mol. The van der Waals surface area contributed by atoms with Gasteiger partial charge in [-0.1, -0.05) is 18.2 Å². The van der Waals surface area contributed by atoms with Crippen molar-refractivity contribution in [1.82, 2.24) is 5.32 Å². The molecule has 0 aliphatic carbocycles. The third-order valence-electron chi connectivity index (χ3n) is 3.39. The predicted octanol–water partition coefficient (Wildman–Crippen LogP) is 3.40. The van der Waals surface area contributed by atoms with Crippen molar-refractivity contribution in [3.8, 4) is 0 Å². The summed E-state index contributed by atoms with van der Waals surface area (Å²) in [5, 5.41) is 3.38. The lowest BCUT2D eigenvalue weighted by atomic mass is 9.94. The number of furan rings is 1. The number of benzene rings is 1. The van der Waals surface area contributed by atoms with Crippen LogP contribution in [0.25, 0.3) is 0 Å². The fraction of sp³-hybridized carbons (Fsp3) is 0.333. The fourth-order valence-electron chi connectivity index (χ4n) is 2.16. The number of rotatable bonds is 4. The third kappa shape index (κ3) is 2.59. The van der Waals surface area contributed by atoms with Crippen molar-refractivity contribution < 1.29 is 4.42 Å². The van der Waals surface area contributed by atoms with E-state index in [2.05, 4.69) is 37.4 Å². The minimum absolute atomic E-state index is 0.340. The second-order valence-corrected chi connectivity index (χ2v) is 4.47. The number of aryl methyl sites for hydroxylation is 1. The molecule has 1 N–H and O–H groups in total. The van der Waals surface area contributed by atoms with Gasteiger partial charge in [-0.25, -0.2) is 0 Å². The van der Waals surface area contributed by atoms with E-state index in [1.54, 1.807) is 6.26 Å². The Bertz CT molecular complexity index is 474. The smallest absolute Gasteiger partial charge is 0.0935 e. The summed E-state index contributed by atoms with van der Waals surface area (Å²) in [4.78, 5) is 0. The van der Waals surface area contributed by atoms with Crippen LogP contribution in [-0.4, -0.2) is 7.05 Å². The molecule has 2 nitrogen and oxygen atoms in total. The van der Waals surface area contributed by atoms with Crippen LogP contribution >= 0.6 is 0 Å². The second-order valence-electron chi connectivity index (χ2n) is 4.47. The molecule has 0 saturated carbocycles. The molecule has 0 radical (unpaired) electrons. The maximum absolute atomic E-state index is 5.12. The molecule has 0 amide bonds. The quantitative estimate of drug-likeness (QED) is 0.869. The lowest BCUT2D eigenvalue weighted by Crippen LogP contribution is -2.19. The Morgan fingerprint density at radius 3 is 2.71 bits per heavy atom. The van der Waals surface area contributed by atoms with E-state index in [1.165, 1.54) is 22.3 Å². The molecule has 2 rings (SSSR count). The van der Waals surface area contributed by atoms with E-state index in [0.717, 1.165) is 6.42 Å². The van der Waals surface area contributed by atoms with Crippen molar-refractivity contribution in [2.24, 2.45) is 0 Å². The Balaban J connectivity index is 2.26. The van der Waals surface area contributed by atoms with E-state index in [-0.39, 0.29) is 0 Å². The molecule has 1 aromatic carbocycles. The Kier molecular flexibility index (Phi) is 3.64. The molecule has 1 aromatic heterocycles. The van der Waals surface area contributed by atoms with Crippen LogP contribution in [0.5, 0.6) is 0 Å². The van der Waals surface area contributed by atoms with Gasteiger partial charge in [-0.05, 0) is 55.6 Å². The van der Waals surface area contributed by atoms with Crippen LogP contribution in [0, 0.1) is 13.8 Å². The average molecular weight is 229 g/mol. The number of likely N-dealkylation sites (N-methyl/N-ethyl adjacent to an activating group) is 1. The predicted molar refractivity (Wildman–Crippen MR) is 70.1 cm³/mol. The summed E-state index contributed by atoms with van der Waals surface area (Å²) >= 11 is 0. The summed E-state index contributed by atoms with van der Waals surface area (Å²) in [7, 11) is 2.01. The molecule has 2 aromatic rings. The molecule has 2 heteroatoms. The maximum atomic E-state index is 5.12. The van der Waals surface area contributed by atoms with E-state index in [9.17, 15) is 0 Å². The lowest BCUT2D eigenvalue weighted by molar-refractivity contribution is 0.551. The highest BCUT2D eigenvalue weighted by Crippen LogP contribution is 2.23. The number of hydrogen-bond donors (Lipinski definition) is 1. The molecule has 90 valence electrons. The summed E-state index contributed by atoms with van der Waals surface area (Å²) < 4.78 is 5.12. The van der Waals surface area contributed by atoms with Gasteiger partial charge in [-0.15, -0.1) is 0 Å². The van der Waals surface area contributed by atoms with Gasteiger partial charge in [-0.3, -0.25) is 0 Å². The normalized spacial score (nSPS) is 12.6. The Labute approximate surface area is 103 Å². The summed E-state index contributed by atoms with van der Waals surface area (Å²) in [5.74, 6) is 0. The molecule has 0 bridgehead atoms. The molecule has 1 unspecified atom stereocenters. The first-order valence-electron chi connectivity index (χ1n) is 5.97. The first-order valence-corrected chi connectivity index (χ1v) is 5.97. The van der Waals surface area contributed by atoms with Gasteiger partial charge in [-0.2, -0.15) is 0 Å². The molecule has 0 aliphatic rings. The van der Waals surface area contributed by atoms with Gasteiger partial charge >= 0.3 is 0 Å². The van der Waals surface area contributed by atoms with E-state index in [4.69, 9.17) is 4.42 Å². The summed E-state index contributed by atoms with van der Waals surface area (Å²) in [6, 6.07) is 8.84. The average Bonchev–Trinajstić information content (AvgIpc) is 2.83. The highest BCUT2D eigenvalue weighted by Gasteiger charge is 2.13. The first-order chi connectivity index (χ1) is 8.22. The standard InChI is InChI=1S/C15H19NO/c1-11-5-4-6-14(12(11)2)15(16-3)9-13-7-8-17-10-13/h4-8,10,15-16H,9H2,1-3H3.